The fraction of sp³-hybridized carbons (Fsp3) is 0.895. The fourth-order valence-electron chi connectivity index (χ4n) is 4.02. The molecule has 4 heteroatoms. The summed E-state index contributed by atoms with van der Waals surface area (Å²) in [6.45, 7) is 16.8. The first kappa shape index (κ1) is 19.2. The number of aliphatic hydroxyl groups is 1. The van der Waals surface area contributed by atoms with Crippen LogP contribution in [-0.2, 0) is 9.16 Å². The van der Waals surface area contributed by atoms with Crippen LogP contribution in [0.2, 0.25) is 18.1 Å². The van der Waals surface area contributed by atoms with Crippen LogP contribution in [0.5, 0.6) is 0 Å². The lowest BCUT2D eigenvalue weighted by atomic mass is 9.68. The molecule has 2 aliphatic rings. The lowest BCUT2D eigenvalue weighted by Crippen LogP contribution is -2.50. The summed E-state index contributed by atoms with van der Waals surface area (Å²) in [6, 6.07) is 0. The zero-order chi connectivity index (χ0) is 17.4. The van der Waals surface area contributed by atoms with Crippen molar-refractivity contribution in [3.63, 3.8) is 0 Å². The van der Waals surface area contributed by atoms with Crippen molar-refractivity contribution >= 4 is 8.32 Å². The second-order valence-corrected chi connectivity index (χ2v) is 14.2. The Hall–Kier alpha value is -0.163. The van der Waals surface area contributed by atoms with Gasteiger partial charge >= 0.3 is 0 Å². The molecule has 1 spiro atoms. The normalized spacial score (nSPS) is 35.7. The van der Waals surface area contributed by atoms with E-state index < -0.39 is 13.9 Å². The Balaban J connectivity index is 2.07. The minimum Gasteiger partial charge on any atom is -0.417 e. The van der Waals surface area contributed by atoms with Gasteiger partial charge in [-0.15, -0.1) is 6.58 Å². The van der Waals surface area contributed by atoms with E-state index in [0.29, 0.717) is 12.3 Å². The molecule has 0 aromatic carbocycles. The van der Waals surface area contributed by atoms with E-state index in [1.807, 2.05) is 6.08 Å². The summed E-state index contributed by atoms with van der Waals surface area (Å²) in [5.41, 5.74) is -0.802. The molecule has 134 valence electrons. The molecule has 1 heterocycles. The van der Waals surface area contributed by atoms with Crippen molar-refractivity contribution in [3.8, 4) is 0 Å². The third-order valence-electron chi connectivity index (χ3n) is 6.18. The van der Waals surface area contributed by atoms with Crippen LogP contribution >= 0.6 is 0 Å². The molecule has 1 aliphatic heterocycles. The van der Waals surface area contributed by atoms with Crippen LogP contribution in [0.1, 0.15) is 59.3 Å². The average Bonchev–Trinajstić information content (AvgIpc) is 2.82. The smallest absolute Gasteiger partial charge is 0.191 e. The van der Waals surface area contributed by atoms with Gasteiger partial charge in [0.15, 0.2) is 8.32 Å². The third kappa shape index (κ3) is 4.47. The largest absolute Gasteiger partial charge is 0.417 e. The van der Waals surface area contributed by atoms with E-state index in [0.717, 1.165) is 45.3 Å². The van der Waals surface area contributed by atoms with Crippen LogP contribution in [-0.4, -0.2) is 37.8 Å². The SMILES string of the molecule is C=CC[C@]1(O)C[C@H](CO[Si](C)(C)C(C)(C)C)C[C@]2(CCCO2)C1. The lowest BCUT2D eigenvalue weighted by molar-refractivity contribution is -0.131. The molecule has 2 rings (SSSR count). The molecule has 0 unspecified atom stereocenters. The minimum atomic E-state index is -1.75. The van der Waals surface area contributed by atoms with Gasteiger partial charge in [0, 0.05) is 19.6 Å². The molecule has 0 bridgehead atoms. The van der Waals surface area contributed by atoms with Crippen molar-refractivity contribution in [2.24, 2.45) is 5.92 Å². The van der Waals surface area contributed by atoms with E-state index >= 15 is 0 Å². The molecule has 1 saturated carbocycles. The fourth-order valence-corrected chi connectivity index (χ4v) is 5.11. The van der Waals surface area contributed by atoms with Gasteiger partial charge in [0.1, 0.15) is 0 Å². The molecule has 23 heavy (non-hydrogen) atoms. The summed E-state index contributed by atoms with van der Waals surface area (Å²) < 4.78 is 12.6. The Bertz CT molecular complexity index is 421. The van der Waals surface area contributed by atoms with E-state index in [2.05, 4.69) is 40.4 Å². The first-order chi connectivity index (χ1) is 10.5. The highest BCUT2D eigenvalue weighted by Gasteiger charge is 2.50. The number of hydrogen-bond acceptors (Lipinski definition) is 3. The molecular formula is C19H36O3Si. The van der Waals surface area contributed by atoms with Crippen molar-refractivity contribution in [3.05, 3.63) is 12.7 Å². The van der Waals surface area contributed by atoms with Gasteiger partial charge in [-0.05, 0) is 56.2 Å². The Morgan fingerprint density at radius 3 is 2.57 bits per heavy atom. The number of ether oxygens (including phenoxy) is 1. The van der Waals surface area contributed by atoms with Crippen molar-refractivity contribution in [2.75, 3.05) is 13.2 Å². The summed E-state index contributed by atoms with van der Waals surface area (Å²) >= 11 is 0. The van der Waals surface area contributed by atoms with Gasteiger partial charge in [-0.3, -0.25) is 0 Å². The molecule has 0 aromatic heterocycles. The highest BCUT2D eigenvalue weighted by atomic mass is 28.4. The molecule has 0 radical (unpaired) electrons. The van der Waals surface area contributed by atoms with Crippen LogP contribution in [0.4, 0.5) is 0 Å². The van der Waals surface area contributed by atoms with Gasteiger partial charge in [0.05, 0.1) is 11.2 Å². The van der Waals surface area contributed by atoms with Crippen LogP contribution in [0.15, 0.2) is 12.7 Å². The van der Waals surface area contributed by atoms with Crippen LogP contribution in [0.25, 0.3) is 0 Å². The maximum Gasteiger partial charge on any atom is 0.191 e. The first-order valence-corrected chi connectivity index (χ1v) is 12.0. The Kier molecular flexibility index (Phi) is 5.52. The highest BCUT2D eigenvalue weighted by Crippen LogP contribution is 2.48. The second-order valence-electron chi connectivity index (χ2n) is 9.37. The summed E-state index contributed by atoms with van der Waals surface area (Å²) in [7, 11) is -1.75. The third-order valence-corrected chi connectivity index (χ3v) is 10.7. The summed E-state index contributed by atoms with van der Waals surface area (Å²) in [5.74, 6) is 0.376. The van der Waals surface area contributed by atoms with Crippen molar-refractivity contribution in [2.45, 2.75) is 88.6 Å². The molecule has 0 amide bonds. The number of hydrogen-bond donors (Lipinski definition) is 1. The van der Waals surface area contributed by atoms with E-state index in [1.54, 1.807) is 0 Å². The molecular weight excluding hydrogens is 304 g/mol. The van der Waals surface area contributed by atoms with E-state index in [9.17, 15) is 5.11 Å². The van der Waals surface area contributed by atoms with Crippen molar-refractivity contribution < 1.29 is 14.3 Å². The molecule has 3 nitrogen and oxygen atoms in total. The maximum absolute atomic E-state index is 11.1. The lowest BCUT2D eigenvalue weighted by Gasteiger charge is -2.47. The first-order valence-electron chi connectivity index (χ1n) is 9.12. The Morgan fingerprint density at radius 2 is 2.04 bits per heavy atom. The quantitative estimate of drug-likeness (QED) is 0.584. The molecule has 1 aliphatic carbocycles. The topological polar surface area (TPSA) is 38.7 Å². The molecule has 1 N–H and O–H groups in total. The van der Waals surface area contributed by atoms with Gasteiger partial charge in [-0.25, -0.2) is 0 Å². The second kappa shape index (κ2) is 6.62. The average molecular weight is 341 g/mol. The maximum atomic E-state index is 11.1. The summed E-state index contributed by atoms with van der Waals surface area (Å²) in [4.78, 5) is 0. The van der Waals surface area contributed by atoms with Crippen LogP contribution in [0, 0.1) is 5.92 Å². The van der Waals surface area contributed by atoms with Gasteiger partial charge in [-0.2, -0.15) is 0 Å². The molecule has 2 fully saturated rings. The standard InChI is InChI=1S/C19H36O3Si/c1-7-9-18(20)12-16(13-19(15-18)10-8-11-21-19)14-22-23(5,6)17(2,3)4/h7,16,20H,1,8-15H2,2-6H3/t16-,18-,19+/m0/s1. The predicted octanol–water partition coefficient (Wildman–Crippen LogP) is 4.66. The molecule has 1 saturated heterocycles. The van der Waals surface area contributed by atoms with E-state index in [1.165, 1.54) is 0 Å². The Morgan fingerprint density at radius 1 is 1.35 bits per heavy atom. The molecule has 0 aromatic rings. The van der Waals surface area contributed by atoms with Crippen molar-refractivity contribution in [1.82, 2.24) is 0 Å². The van der Waals surface area contributed by atoms with Crippen LogP contribution in [0.3, 0.4) is 0 Å². The number of rotatable bonds is 5. The van der Waals surface area contributed by atoms with Crippen LogP contribution < -0.4 is 0 Å². The molecule has 3 atom stereocenters. The zero-order valence-corrected chi connectivity index (χ0v) is 16.8. The van der Waals surface area contributed by atoms with Gasteiger partial charge < -0.3 is 14.3 Å². The monoisotopic (exact) mass is 340 g/mol. The van der Waals surface area contributed by atoms with Crippen molar-refractivity contribution in [1.29, 1.82) is 0 Å². The van der Waals surface area contributed by atoms with E-state index in [-0.39, 0.29) is 10.6 Å². The van der Waals surface area contributed by atoms with E-state index in [4.69, 9.17) is 9.16 Å². The minimum absolute atomic E-state index is 0.128. The zero-order valence-electron chi connectivity index (χ0n) is 15.8. The summed E-state index contributed by atoms with van der Waals surface area (Å²) in [6.07, 6.45) is 7.26. The van der Waals surface area contributed by atoms with Gasteiger partial charge in [0.25, 0.3) is 0 Å². The summed E-state index contributed by atoms with van der Waals surface area (Å²) in [5, 5.41) is 11.3. The predicted molar refractivity (Wildman–Crippen MR) is 98.2 cm³/mol. The Labute approximate surface area is 143 Å². The van der Waals surface area contributed by atoms with Gasteiger partial charge in [-0.1, -0.05) is 26.8 Å². The van der Waals surface area contributed by atoms with Gasteiger partial charge in [0.2, 0.25) is 0 Å². The highest BCUT2D eigenvalue weighted by molar-refractivity contribution is 6.74.